The van der Waals surface area contributed by atoms with E-state index in [2.05, 4.69) is 21.6 Å². The molecule has 0 aromatic carbocycles. The van der Waals surface area contributed by atoms with Gasteiger partial charge in [-0.05, 0) is 18.9 Å². The molecular formula is C15H21N5O. The molecule has 1 aliphatic rings. The fraction of sp³-hybridized carbons (Fsp3) is 0.533. The Morgan fingerprint density at radius 3 is 3.00 bits per heavy atom. The van der Waals surface area contributed by atoms with Gasteiger partial charge >= 0.3 is 0 Å². The maximum Gasteiger partial charge on any atom is 0.225 e. The van der Waals surface area contributed by atoms with Gasteiger partial charge in [0.15, 0.2) is 0 Å². The van der Waals surface area contributed by atoms with E-state index in [-0.39, 0.29) is 11.9 Å². The first-order chi connectivity index (χ1) is 10.3. The van der Waals surface area contributed by atoms with Crippen LogP contribution in [0, 0.1) is 0 Å². The molecule has 0 spiro atoms. The molecule has 1 aliphatic heterocycles. The van der Waals surface area contributed by atoms with Crippen LogP contribution in [0.1, 0.15) is 38.1 Å². The van der Waals surface area contributed by atoms with E-state index < -0.39 is 0 Å². The predicted octanol–water partition coefficient (Wildman–Crippen LogP) is 1.85. The summed E-state index contributed by atoms with van der Waals surface area (Å²) < 4.78 is 3.98. The zero-order chi connectivity index (χ0) is 14.7. The summed E-state index contributed by atoms with van der Waals surface area (Å²) in [6.07, 6.45) is 9.82. The number of hydrogen-bond donors (Lipinski definition) is 0. The summed E-state index contributed by atoms with van der Waals surface area (Å²) in [5.74, 6) is 1.20. The number of imidazole rings is 1. The van der Waals surface area contributed by atoms with Crippen LogP contribution < -0.4 is 0 Å². The molecule has 21 heavy (non-hydrogen) atoms. The molecule has 1 amide bonds. The van der Waals surface area contributed by atoms with Crippen molar-refractivity contribution in [3.63, 3.8) is 0 Å². The Labute approximate surface area is 124 Å². The third-order valence-electron chi connectivity index (χ3n) is 4.04. The van der Waals surface area contributed by atoms with Crippen LogP contribution >= 0.6 is 0 Å². The van der Waals surface area contributed by atoms with E-state index in [0.29, 0.717) is 13.0 Å². The van der Waals surface area contributed by atoms with Crippen LogP contribution in [0.15, 0.2) is 30.9 Å². The summed E-state index contributed by atoms with van der Waals surface area (Å²) in [6.45, 7) is 4.49. The van der Waals surface area contributed by atoms with Crippen molar-refractivity contribution in [2.24, 2.45) is 0 Å². The van der Waals surface area contributed by atoms with E-state index in [9.17, 15) is 4.79 Å². The summed E-state index contributed by atoms with van der Waals surface area (Å²) in [7, 11) is 0. The zero-order valence-corrected chi connectivity index (χ0v) is 12.4. The molecule has 1 atom stereocenters. The van der Waals surface area contributed by atoms with Gasteiger partial charge in [-0.1, -0.05) is 6.92 Å². The van der Waals surface area contributed by atoms with E-state index >= 15 is 0 Å². The maximum absolute atomic E-state index is 12.6. The summed E-state index contributed by atoms with van der Waals surface area (Å²) in [4.78, 5) is 19.1. The van der Waals surface area contributed by atoms with E-state index in [0.717, 1.165) is 31.8 Å². The highest BCUT2D eigenvalue weighted by Gasteiger charge is 2.28. The average Bonchev–Trinajstić information content (AvgIpc) is 3.13. The summed E-state index contributed by atoms with van der Waals surface area (Å²) in [5.41, 5.74) is 0. The Hall–Kier alpha value is -2.11. The topological polar surface area (TPSA) is 56.0 Å². The molecule has 0 bridgehead atoms. The number of amides is 1. The molecular weight excluding hydrogens is 266 g/mol. The minimum absolute atomic E-state index is 0.0904. The molecule has 2 aromatic rings. The summed E-state index contributed by atoms with van der Waals surface area (Å²) >= 11 is 0. The number of aryl methyl sites for hydroxylation is 2. The van der Waals surface area contributed by atoms with Crippen LogP contribution in [0.5, 0.6) is 0 Å². The summed E-state index contributed by atoms with van der Waals surface area (Å²) in [6, 6.07) is 1.97. The Morgan fingerprint density at radius 2 is 2.24 bits per heavy atom. The molecule has 2 aromatic heterocycles. The van der Waals surface area contributed by atoms with Gasteiger partial charge in [-0.3, -0.25) is 9.48 Å². The molecule has 0 radical (unpaired) electrons. The molecule has 0 N–H and O–H groups in total. The number of carbonyl (C=O) groups excluding carboxylic acids is 1. The van der Waals surface area contributed by atoms with E-state index in [1.54, 1.807) is 10.9 Å². The SMILES string of the molecule is CCC1c2nccn2CCCN1C(=O)CCn1cccn1. The predicted molar refractivity (Wildman–Crippen MR) is 78.4 cm³/mol. The van der Waals surface area contributed by atoms with Gasteiger partial charge in [0, 0.05) is 50.8 Å². The lowest BCUT2D eigenvalue weighted by atomic mass is 10.1. The Morgan fingerprint density at radius 1 is 1.33 bits per heavy atom. The smallest absolute Gasteiger partial charge is 0.225 e. The second-order valence-corrected chi connectivity index (χ2v) is 5.36. The quantitative estimate of drug-likeness (QED) is 0.862. The van der Waals surface area contributed by atoms with Crippen LogP contribution in [0.4, 0.5) is 0 Å². The van der Waals surface area contributed by atoms with E-state index in [1.165, 1.54) is 0 Å². The first-order valence-corrected chi connectivity index (χ1v) is 7.57. The largest absolute Gasteiger partial charge is 0.333 e. The van der Waals surface area contributed by atoms with Gasteiger partial charge in [-0.15, -0.1) is 0 Å². The maximum atomic E-state index is 12.6. The van der Waals surface area contributed by atoms with Crippen LogP contribution in [0.25, 0.3) is 0 Å². The average molecular weight is 287 g/mol. The second-order valence-electron chi connectivity index (χ2n) is 5.36. The molecule has 0 fully saturated rings. The highest BCUT2D eigenvalue weighted by atomic mass is 16.2. The van der Waals surface area contributed by atoms with Gasteiger partial charge in [0.2, 0.25) is 5.91 Å². The number of fused-ring (bicyclic) bond motifs is 1. The molecule has 3 rings (SSSR count). The van der Waals surface area contributed by atoms with Crippen molar-refractivity contribution >= 4 is 5.91 Å². The Balaban J connectivity index is 1.72. The van der Waals surface area contributed by atoms with E-state index in [4.69, 9.17) is 0 Å². The number of nitrogens with zero attached hydrogens (tertiary/aromatic N) is 5. The van der Waals surface area contributed by atoms with Gasteiger partial charge in [0.1, 0.15) is 5.82 Å². The summed E-state index contributed by atoms with van der Waals surface area (Å²) in [5, 5.41) is 4.15. The second kappa shape index (κ2) is 6.11. The fourth-order valence-electron chi connectivity index (χ4n) is 3.00. The van der Waals surface area contributed by atoms with Crippen LogP contribution in [0.2, 0.25) is 0 Å². The van der Waals surface area contributed by atoms with Crippen molar-refractivity contribution < 1.29 is 4.79 Å². The lowest BCUT2D eigenvalue weighted by molar-refractivity contribution is -0.134. The van der Waals surface area contributed by atoms with Gasteiger partial charge in [-0.2, -0.15) is 5.10 Å². The molecule has 0 aliphatic carbocycles. The van der Waals surface area contributed by atoms with Crippen molar-refractivity contribution in [3.8, 4) is 0 Å². The normalized spacial score (nSPS) is 18.3. The van der Waals surface area contributed by atoms with Crippen molar-refractivity contribution in [2.75, 3.05) is 6.54 Å². The van der Waals surface area contributed by atoms with Gasteiger partial charge in [0.05, 0.1) is 6.04 Å². The monoisotopic (exact) mass is 287 g/mol. The molecule has 112 valence electrons. The molecule has 1 unspecified atom stereocenters. The van der Waals surface area contributed by atoms with Crippen LogP contribution in [0.3, 0.4) is 0 Å². The molecule has 3 heterocycles. The molecule has 0 saturated carbocycles. The number of hydrogen-bond acceptors (Lipinski definition) is 3. The van der Waals surface area contributed by atoms with Gasteiger partial charge in [-0.25, -0.2) is 4.98 Å². The van der Waals surface area contributed by atoms with Gasteiger partial charge in [0.25, 0.3) is 0 Å². The first-order valence-electron chi connectivity index (χ1n) is 7.57. The minimum Gasteiger partial charge on any atom is -0.333 e. The van der Waals surface area contributed by atoms with Crippen LogP contribution in [-0.2, 0) is 17.9 Å². The standard InChI is InChI=1S/C15H21N5O/c1-2-13-15-16-7-12-18(15)8-4-10-20(13)14(21)5-11-19-9-3-6-17-19/h3,6-7,9,12-13H,2,4-5,8,10-11H2,1H3. The highest BCUT2D eigenvalue weighted by Crippen LogP contribution is 2.27. The Bertz CT molecular complexity index is 589. The van der Waals surface area contributed by atoms with Crippen LogP contribution in [-0.4, -0.2) is 36.7 Å². The van der Waals surface area contributed by atoms with Gasteiger partial charge < -0.3 is 9.47 Å². The molecule has 0 saturated heterocycles. The van der Waals surface area contributed by atoms with Crippen molar-refractivity contribution in [3.05, 3.63) is 36.7 Å². The highest BCUT2D eigenvalue weighted by molar-refractivity contribution is 5.76. The minimum atomic E-state index is 0.0904. The molecule has 6 heteroatoms. The zero-order valence-electron chi connectivity index (χ0n) is 12.4. The number of carbonyl (C=O) groups is 1. The number of aromatic nitrogens is 4. The van der Waals surface area contributed by atoms with Crippen molar-refractivity contribution in [1.82, 2.24) is 24.2 Å². The van der Waals surface area contributed by atoms with Crippen molar-refractivity contribution in [2.45, 2.75) is 45.3 Å². The Kier molecular flexibility index (Phi) is 4.03. The third kappa shape index (κ3) is 2.84. The lowest BCUT2D eigenvalue weighted by Gasteiger charge is -2.28. The number of rotatable bonds is 4. The lowest BCUT2D eigenvalue weighted by Crippen LogP contribution is -2.35. The fourth-order valence-corrected chi connectivity index (χ4v) is 3.00. The molecule has 6 nitrogen and oxygen atoms in total. The van der Waals surface area contributed by atoms with E-state index in [1.807, 2.05) is 29.6 Å². The first kappa shape index (κ1) is 13.9. The third-order valence-corrected chi connectivity index (χ3v) is 4.04. The van der Waals surface area contributed by atoms with Crippen molar-refractivity contribution in [1.29, 1.82) is 0 Å².